The van der Waals surface area contributed by atoms with Crippen LogP contribution in [-0.2, 0) is 4.79 Å². The highest BCUT2D eigenvalue weighted by Crippen LogP contribution is 2.35. The molecule has 2 heterocycles. The minimum Gasteiger partial charge on any atom is -0.401 e. The van der Waals surface area contributed by atoms with E-state index in [0.717, 1.165) is 53.6 Å². The van der Waals surface area contributed by atoms with Crippen molar-refractivity contribution in [1.82, 2.24) is 10.2 Å². The molecular formula is C25H29ClN4O. The van der Waals surface area contributed by atoms with Crippen LogP contribution >= 0.6 is 11.6 Å². The molecule has 0 radical (unpaired) electrons. The first kappa shape index (κ1) is 21.3. The minimum atomic E-state index is 0.128. The second kappa shape index (κ2) is 9.06. The molecule has 0 saturated carbocycles. The lowest BCUT2D eigenvalue weighted by molar-refractivity contribution is -0.128. The highest BCUT2D eigenvalue weighted by molar-refractivity contribution is 6.30. The molecular weight excluding hydrogens is 408 g/mol. The molecule has 0 spiro atoms. The molecule has 0 bridgehead atoms. The Morgan fingerprint density at radius 3 is 2.61 bits per heavy atom. The molecule has 0 aliphatic carbocycles. The smallest absolute Gasteiger partial charge is 0.219 e. The van der Waals surface area contributed by atoms with E-state index in [-0.39, 0.29) is 11.9 Å². The third-order valence-corrected chi connectivity index (χ3v) is 6.29. The van der Waals surface area contributed by atoms with Gasteiger partial charge in [-0.1, -0.05) is 29.8 Å². The Bertz CT molecular complexity index is 1040. The van der Waals surface area contributed by atoms with E-state index in [2.05, 4.69) is 34.9 Å². The van der Waals surface area contributed by atoms with Gasteiger partial charge in [0.15, 0.2) is 0 Å². The molecule has 0 aromatic heterocycles. The fraction of sp³-hybridized carbons (Fsp3) is 0.320. The van der Waals surface area contributed by atoms with E-state index >= 15 is 0 Å². The zero-order valence-electron chi connectivity index (χ0n) is 18.0. The molecule has 2 aromatic carbocycles. The van der Waals surface area contributed by atoms with Gasteiger partial charge in [0.25, 0.3) is 0 Å². The van der Waals surface area contributed by atoms with E-state index in [9.17, 15) is 4.79 Å². The third kappa shape index (κ3) is 4.72. The Labute approximate surface area is 189 Å². The lowest BCUT2D eigenvalue weighted by Crippen LogP contribution is -2.32. The predicted molar refractivity (Wildman–Crippen MR) is 129 cm³/mol. The van der Waals surface area contributed by atoms with Gasteiger partial charge in [-0.2, -0.15) is 0 Å². The number of carbonyl (C=O) groups excluding carboxylic acids is 1. The number of nitrogens with one attached hydrogen (secondary N) is 2. The standard InChI is InChI=1S/C25H29ClN4O/c1-16(27)25-22-8-3-19(18-10-13-30(14-11-18)17(2)31)15-23(22)24(9-12-28-25)29-21-6-4-20(26)5-7-21/h3-8,10,15,24,28-29H,9,11-14,27H2,1-2H3/b25-16-. The number of amides is 1. The molecule has 5 nitrogen and oxygen atoms in total. The Hall–Kier alpha value is -2.92. The Kier molecular flexibility index (Phi) is 6.23. The SMILES string of the molecule is CC(=O)N1CC=C(c2ccc3c(c2)C(Nc2ccc(Cl)cc2)CCN/C3=C(/C)N)CC1. The van der Waals surface area contributed by atoms with Crippen LogP contribution in [0.2, 0.25) is 5.02 Å². The molecule has 2 aliphatic rings. The molecule has 162 valence electrons. The van der Waals surface area contributed by atoms with Crippen LogP contribution < -0.4 is 16.4 Å². The molecule has 4 rings (SSSR count). The van der Waals surface area contributed by atoms with Crippen LogP contribution in [0.5, 0.6) is 0 Å². The molecule has 0 saturated heterocycles. The molecule has 1 atom stereocenters. The van der Waals surface area contributed by atoms with Gasteiger partial charge in [-0.05, 0) is 66.8 Å². The maximum Gasteiger partial charge on any atom is 0.219 e. The number of rotatable bonds is 3. The number of nitrogens with two attached hydrogens (primary N) is 1. The summed E-state index contributed by atoms with van der Waals surface area (Å²) in [4.78, 5) is 13.5. The van der Waals surface area contributed by atoms with E-state index < -0.39 is 0 Å². The van der Waals surface area contributed by atoms with Crippen molar-refractivity contribution < 1.29 is 4.79 Å². The summed E-state index contributed by atoms with van der Waals surface area (Å²) in [5, 5.41) is 7.92. The van der Waals surface area contributed by atoms with Crippen molar-refractivity contribution in [3.05, 3.63) is 76.0 Å². The van der Waals surface area contributed by atoms with Crippen LogP contribution in [0, 0.1) is 0 Å². The van der Waals surface area contributed by atoms with Gasteiger partial charge in [-0.15, -0.1) is 0 Å². The van der Waals surface area contributed by atoms with Gasteiger partial charge >= 0.3 is 0 Å². The lowest BCUT2D eigenvalue weighted by Gasteiger charge is -2.26. The summed E-state index contributed by atoms with van der Waals surface area (Å²) < 4.78 is 0. The summed E-state index contributed by atoms with van der Waals surface area (Å²) in [6.07, 6.45) is 3.96. The molecule has 2 aromatic rings. The number of hydrogen-bond donors (Lipinski definition) is 3. The van der Waals surface area contributed by atoms with Crippen molar-refractivity contribution in [2.24, 2.45) is 5.73 Å². The van der Waals surface area contributed by atoms with Crippen molar-refractivity contribution in [3.8, 4) is 0 Å². The lowest BCUT2D eigenvalue weighted by atomic mass is 9.90. The monoisotopic (exact) mass is 436 g/mol. The average molecular weight is 437 g/mol. The fourth-order valence-corrected chi connectivity index (χ4v) is 4.46. The van der Waals surface area contributed by atoms with E-state index in [1.165, 1.54) is 16.7 Å². The van der Waals surface area contributed by atoms with Gasteiger partial charge in [0, 0.05) is 48.5 Å². The van der Waals surface area contributed by atoms with Gasteiger partial charge < -0.3 is 21.3 Å². The van der Waals surface area contributed by atoms with Crippen molar-refractivity contribution >= 4 is 34.5 Å². The predicted octanol–water partition coefficient (Wildman–Crippen LogP) is 4.77. The fourth-order valence-electron chi connectivity index (χ4n) is 4.34. The Morgan fingerprint density at radius 2 is 1.97 bits per heavy atom. The Morgan fingerprint density at radius 1 is 1.19 bits per heavy atom. The number of fused-ring (bicyclic) bond motifs is 1. The molecule has 4 N–H and O–H groups in total. The van der Waals surface area contributed by atoms with Crippen molar-refractivity contribution in [2.75, 3.05) is 25.0 Å². The van der Waals surface area contributed by atoms with E-state index in [1.807, 2.05) is 36.1 Å². The second-order valence-electron chi connectivity index (χ2n) is 8.22. The summed E-state index contributed by atoms with van der Waals surface area (Å²) >= 11 is 6.06. The van der Waals surface area contributed by atoms with E-state index in [4.69, 9.17) is 17.3 Å². The number of allylic oxidation sites excluding steroid dienone is 1. The van der Waals surface area contributed by atoms with Gasteiger partial charge in [0.1, 0.15) is 0 Å². The van der Waals surface area contributed by atoms with Gasteiger partial charge in [-0.3, -0.25) is 4.79 Å². The molecule has 0 fully saturated rings. The van der Waals surface area contributed by atoms with Crippen molar-refractivity contribution in [2.45, 2.75) is 32.7 Å². The first-order valence-corrected chi connectivity index (χ1v) is 11.1. The second-order valence-corrected chi connectivity index (χ2v) is 8.66. The summed E-state index contributed by atoms with van der Waals surface area (Å²) in [7, 11) is 0. The van der Waals surface area contributed by atoms with Crippen molar-refractivity contribution in [3.63, 3.8) is 0 Å². The molecule has 31 heavy (non-hydrogen) atoms. The van der Waals surface area contributed by atoms with Crippen LogP contribution in [0.1, 0.15) is 49.4 Å². The van der Waals surface area contributed by atoms with Gasteiger partial charge in [0.2, 0.25) is 5.91 Å². The zero-order chi connectivity index (χ0) is 22.0. The van der Waals surface area contributed by atoms with E-state index in [1.54, 1.807) is 6.92 Å². The number of halogens is 1. The van der Waals surface area contributed by atoms with Crippen LogP contribution in [-0.4, -0.2) is 30.4 Å². The van der Waals surface area contributed by atoms with Gasteiger partial charge in [0.05, 0.1) is 11.7 Å². The molecule has 1 unspecified atom stereocenters. The maximum absolute atomic E-state index is 11.7. The van der Waals surface area contributed by atoms with Crippen LogP contribution in [0.25, 0.3) is 11.3 Å². The molecule has 1 amide bonds. The van der Waals surface area contributed by atoms with E-state index in [0.29, 0.717) is 6.54 Å². The Balaban J connectivity index is 1.71. The maximum atomic E-state index is 11.7. The zero-order valence-corrected chi connectivity index (χ0v) is 18.8. The largest absolute Gasteiger partial charge is 0.401 e. The first-order valence-electron chi connectivity index (χ1n) is 10.7. The average Bonchev–Trinajstić information content (AvgIpc) is 2.94. The van der Waals surface area contributed by atoms with Crippen molar-refractivity contribution in [1.29, 1.82) is 0 Å². The summed E-state index contributed by atoms with van der Waals surface area (Å²) in [6, 6.07) is 14.6. The highest BCUT2D eigenvalue weighted by Gasteiger charge is 2.24. The third-order valence-electron chi connectivity index (χ3n) is 6.04. The van der Waals surface area contributed by atoms with Gasteiger partial charge in [-0.25, -0.2) is 0 Å². The molecule has 2 aliphatic heterocycles. The molecule has 6 heteroatoms. The first-order chi connectivity index (χ1) is 14.9. The highest BCUT2D eigenvalue weighted by atomic mass is 35.5. The summed E-state index contributed by atoms with van der Waals surface area (Å²) in [5.74, 6) is 0.128. The number of carbonyl (C=O) groups is 1. The number of benzene rings is 2. The van der Waals surface area contributed by atoms with Crippen LogP contribution in [0.15, 0.2) is 54.2 Å². The summed E-state index contributed by atoms with van der Waals surface area (Å²) in [6.45, 7) is 5.83. The summed E-state index contributed by atoms with van der Waals surface area (Å²) in [5.41, 5.74) is 13.9. The van der Waals surface area contributed by atoms with Crippen LogP contribution in [0.3, 0.4) is 0 Å². The topological polar surface area (TPSA) is 70.4 Å². The van der Waals surface area contributed by atoms with Crippen LogP contribution in [0.4, 0.5) is 5.69 Å². The number of hydrogen-bond acceptors (Lipinski definition) is 4. The minimum absolute atomic E-state index is 0.128. The number of anilines is 1. The quantitative estimate of drug-likeness (QED) is 0.648. The normalized spacial score (nSPS) is 20.2. The number of nitrogens with zero attached hydrogens (tertiary/aromatic N) is 1.